The summed E-state index contributed by atoms with van der Waals surface area (Å²) in [4.78, 5) is 26.0. The third-order valence-electron chi connectivity index (χ3n) is 5.16. The quantitative estimate of drug-likeness (QED) is 0.333. The Kier molecular flexibility index (Phi) is 5.17. The van der Waals surface area contributed by atoms with E-state index >= 15 is 0 Å². The number of aromatic hydroxyl groups is 1. The van der Waals surface area contributed by atoms with E-state index in [0.29, 0.717) is 28.3 Å². The van der Waals surface area contributed by atoms with Crippen LogP contribution in [0.25, 0.3) is 33.9 Å². The molecule has 5 rings (SSSR count). The van der Waals surface area contributed by atoms with Crippen LogP contribution in [0, 0.1) is 0 Å². The zero-order chi connectivity index (χ0) is 23.9. The third-order valence-corrected chi connectivity index (χ3v) is 6.91. The molecule has 0 unspecified atom stereocenters. The minimum atomic E-state index is -3.36. The van der Waals surface area contributed by atoms with E-state index in [1.807, 2.05) is 6.07 Å². The maximum absolute atomic E-state index is 12.1. The van der Waals surface area contributed by atoms with E-state index in [-0.39, 0.29) is 27.7 Å². The lowest BCUT2D eigenvalue weighted by molar-refractivity contribution is 0.449. The molecule has 0 bridgehead atoms. The van der Waals surface area contributed by atoms with Crippen LogP contribution in [-0.2, 0) is 9.84 Å². The van der Waals surface area contributed by atoms with Gasteiger partial charge in [-0.15, -0.1) is 0 Å². The molecule has 0 amide bonds. The van der Waals surface area contributed by atoms with E-state index in [1.54, 1.807) is 37.4 Å². The minimum absolute atomic E-state index is 0.0163. The lowest BCUT2D eigenvalue weighted by Gasteiger charge is -2.11. The number of H-pyrrole nitrogens is 2. The number of aromatic amines is 2. The fourth-order valence-electron chi connectivity index (χ4n) is 3.43. The SMILES string of the molecule is CCS(=O)(=O)c1ccc(Oc2cc3nc(-c4ccccn4)[nH]c3cc2-c2oc(=O)[nH]c2O)cc1. The molecule has 3 heterocycles. The molecule has 0 aliphatic carbocycles. The lowest BCUT2D eigenvalue weighted by atomic mass is 10.1. The van der Waals surface area contributed by atoms with Crippen LogP contribution in [0.1, 0.15) is 6.92 Å². The predicted molar refractivity (Wildman–Crippen MR) is 124 cm³/mol. The molecule has 0 spiro atoms. The summed E-state index contributed by atoms with van der Waals surface area (Å²) in [5, 5.41) is 10.2. The number of benzene rings is 2. The number of oxazole rings is 1. The maximum Gasteiger partial charge on any atom is 0.419 e. The lowest BCUT2D eigenvalue weighted by Crippen LogP contribution is -2.03. The van der Waals surface area contributed by atoms with E-state index < -0.39 is 21.5 Å². The van der Waals surface area contributed by atoms with Crippen molar-refractivity contribution < 1.29 is 22.7 Å². The largest absolute Gasteiger partial charge is 0.492 e. The number of pyridine rings is 1. The molecule has 0 atom stereocenters. The van der Waals surface area contributed by atoms with Crippen molar-refractivity contribution in [1.82, 2.24) is 19.9 Å². The number of nitrogens with one attached hydrogen (secondary N) is 2. The van der Waals surface area contributed by atoms with Crippen molar-refractivity contribution in [2.45, 2.75) is 11.8 Å². The normalized spacial score (nSPS) is 11.7. The molecule has 0 radical (unpaired) electrons. The van der Waals surface area contributed by atoms with Crippen LogP contribution in [0.3, 0.4) is 0 Å². The average molecular weight is 478 g/mol. The van der Waals surface area contributed by atoms with Crippen LogP contribution in [0.15, 0.2) is 74.9 Å². The monoisotopic (exact) mass is 478 g/mol. The average Bonchev–Trinajstić information content (AvgIpc) is 3.41. The summed E-state index contributed by atoms with van der Waals surface area (Å²) in [5.41, 5.74) is 2.05. The molecule has 11 heteroatoms. The second kappa shape index (κ2) is 8.19. The minimum Gasteiger partial charge on any atom is -0.492 e. The molecule has 3 aromatic heterocycles. The molecular formula is C23H18N4O6S. The number of hydrogen-bond acceptors (Lipinski definition) is 8. The molecular weight excluding hydrogens is 460 g/mol. The molecule has 0 fully saturated rings. The van der Waals surface area contributed by atoms with Gasteiger partial charge in [-0.2, -0.15) is 0 Å². The third kappa shape index (κ3) is 3.92. The Balaban J connectivity index is 1.62. The van der Waals surface area contributed by atoms with Crippen molar-refractivity contribution in [3.63, 3.8) is 0 Å². The highest BCUT2D eigenvalue weighted by molar-refractivity contribution is 7.91. The van der Waals surface area contributed by atoms with Gasteiger partial charge in [0.25, 0.3) is 0 Å². The fourth-order valence-corrected chi connectivity index (χ4v) is 4.32. The highest BCUT2D eigenvalue weighted by Gasteiger charge is 2.20. The number of imidazole rings is 1. The van der Waals surface area contributed by atoms with Gasteiger partial charge in [0.1, 0.15) is 17.2 Å². The number of hydrogen-bond donors (Lipinski definition) is 3. The first-order chi connectivity index (χ1) is 16.3. The Morgan fingerprint density at radius 2 is 1.88 bits per heavy atom. The zero-order valence-electron chi connectivity index (χ0n) is 17.8. The highest BCUT2D eigenvalue weighted by Crippen LogP contribution is 2.39. The van der Waals surface area contributed by atoms with Gasteiger partial charge in [-0.25, -0.2) is 18.2 Å². The Labute approximate surface area is 192 Å². The van der Waals surface area contributed by atoms with Crippen LogP contribution >= 0.6 is 0 Å². The first kappa shape index (κ1) is 21.5. The van der Waals surface area contributed by atoms with E-state index in [2.05, 4.69) is 19.9 Å². The van der Waals surface area contributed by atoms with Gasteiger partial charge in [-0.1, -0.05) is 13.0 Å². The van der Waals surface area contributed by atoms with Gasteiger partial charge in [0.15, 0.2) is 15.7 Å². The predicted octanol–water partition coefficient (Wildman–Crippen LogP) is 3.86. The van der Waals surface area contributed by atoms with E-state index in [1.165, 1.54) is 24.3 Å². The number of sulfone groups is 1. The molecule has 2 aromatic carbocycles. The molecule has 0 saturated heterocycles. The second-order valence-electron chi connectivity index (χ2n) is 7.34. The van der Waals surface area contributed by atoms with E-state index in [4.69, 9.17) is 9.15 Å². The van der Waals surface area contributed by atoms with Crippen LogP contribution in [0.5, 0.6) is 17.4 Å². The number of fused-ring (bicyclic) bond motifs is 1. The Morgan fingerprint density at radius 3 is 2.53 bits per heavy atom. The van der Waals surface area contributed by atoms with Crippen LogP contribution in [0.4, 0.5) is 0 Å². The van der Waals surface area contributed by atoms with Crippen LogP contribution < -0.4 is 10.5 Å². The number of rotatable bonds is 6. The molecule has 34 heavy (non-hydrogen) atoms. The Hall–Kier alpha value is -4.38. The van der Waals surface area contributed by atoms with E-state index in [9.17, 15) is 18.3 Å². The second-order valence-corrected chi connectivity index (χ2v) is 9.61. The maximum atomic E-state index is 12.1. The Bertz CT molecular complexity index is 1650. The van der Waals surface area contributed by atoms with Crippen molar-refractivity contribution in [3.8, 4) is 40.2 Å². The molecule has 5 aromatic rings. The van der Waals surface area contributed by atoms with Gasteiger partial charge in [0, 0.05) is 12.3 Å². The molecule has 0 aliphatic heterocycles. The van der Waals surface area contributed by atoms with Gasteiger partial charge in [0.05, 0.1) is 27.2 Å². The highest BCUT2D eigenvalue weighted by atomic mass is 32.2. The van der Waals surface area contributed by atoms with Gasteiger partial charge in [0.2, 0.25) is 11.6 Å². The number of aromatic nitrogens is 4. The summed E-state index contributed by atoms with van der Waals surface area (Å²) in [6.07, 6.45) is 1.65. The van der Waals surface area contributed by atoms with Gasteiger partial charge >= 0.3 is 5.76 Å². The van der Waals surface area contributed by atoms with Crippen molar-refractivity contribution in [2.75, 3.05) is 5.75 Å². The number of nitrogens with zero attached hydrogens (tertiary/aromatic N) is 2. The zero-order valence-corrected chi connectivity index (χ0v) is 18.6. The smallest absolute Gasteiger partial charge is 0.419 e. The summed E-state index contributed by atoms with van der Waals surface area (Å²) < 4.78 is 35.3. The van der Waals surface area contributed by atoms with E-state index in [0.717, 1.165) is 0 Å². The summed E-state index contributed by atoms with van der Waals surface area (Å²) in [7, 11) is -3.36. The van der Waals surface area contributed by atoms with Gasteiger partial charge in [-0.3, -0.25) is 9.97 Å². The summed E-state index contributed by atoms with van der Waals surface area (Å²) in [6.45, 7) is 1.57. The number of ether oxygens (including phenoxy) is 1. The molecule has 0 saturated carbocycles. The van der Waals surface area contributed by atoms with Crippen molar-refractivity contribution in [2.24, 2.45) is 0 Å². The van der Waals surface area contributed by atoms with Crippen molar-refractivity contribution in [1.29, 1.82) is 0 Å². The molecule has 3 N–H and O–H groups in total. The summed E-state index contributed by atoms with van der Waals surface area (Å²) in [6, 6.07) is 14.6. The van der Waals surface area contributed by atoms with Crippen LogP contribution in [-0.4, -0.2) is 39.2 Å². The molecule has 172 valence electrons. The standard InChI is InChI=1S/C23H18N4O6S/c1-2-34(30,31)14-8-6-13(7-9-14)32-19-12-18-17(11-15(19)20-22(28)27-23(29)33-20)25-21(26-18)16-5-3-4-10-24-16/h3-12,28H,2H2,1H3,(H,25,26)(H,27,29). The van der Waals surface area contributed by atoms with Gasteiger partial charge in [-0.05, 0) is 42.5 Å². The summed E-state index contributed by atoms with van der Waals surface area (Å²) >= 11 is 0. The topological polar surface area (TPSA) is 151 Å². The fraction of sp³-hybridized carbons (Fsp3) is 0.0870. The van der Waals surface area contributed by atoms with Crippen molar-refractivity contribution in [3.05, 3.63) is 71.3 Å². The Morgan fingerprint density at radius 1 is 1.09 bits per heavy atom. The van der Waals surface area contributed by atoms with Crippen molar-refractivity contribution >= 4 is 20.9 Å². The first-order valence-corrected chi connectivity index (χ1v) is 11.9. The molecule has 10 nitrogen and oxygen atoms in total. The molecule has 0 aliphatic rings. The summed E-state index contributed by atoms with van der Waals surface area (Å²) in [5.74, 6) is -0.315. The first-order valence-electron chi connectivity index (χ1n) is 10.2. The van der Waals surface area contributed by atoms with Crippen LogP contribution in [0.2, 0.25) is 0 Å². The van der Waals surface area contributed by atoms with Gasteiger partial charge < -0.3 is 19.2 Å².